The molecule has 2 aromatic carbocycles. The summed E-state index contributed by atoms with van der Waals surface area (Å²) in [6.07, 6.45) is 4.67. The predicted molar refractivity (Wildman–Crippen MR) is 94.3 cm³/mol. The van der Waals surface area contributed by atoms with E-state index in [9.17, 15) is 0 Å². The van der Waals surface area contributed by atoms with Gasteiger partial charge in [-0.2, -0.15) is 0 Å². The molecule has 3 N–H and O–H groups in total. The number of ether oxygens (including phenoxy) is 1. The second kappa shape index (κ2) is 8.14. The van der Waals surface area contributed by atoms with Crippen LogP contribution in [0.2, 0.25) is 0 Å². The van der Waals surface area contributed by atoms with Gasteiger partial charge in [-0.05, 0) is 48.9 Å². The summed E-state index contributed by atoms with van der Waals surface area (Å²) in [6, 6.07) is 19.7. The van der Waals surface area contributed by atoms with Crippen molar-refractivity contribution < 1.29 is 4.74 Å². The lowest BCUT2D eigenvalue weighted by atomic mass is 9.92. The van der Waals surface area contributed by atoms with Crippen molar-refractivity contribution in [2.45, 2.75) is 50.9 Å². The molecule has 0 bridgehead atoms. The van der Waals surface area contributed by atoms with Crippen LogP contribution >= 0.6 is 0 Å². The van der Waals surface area contributed by atoms with E-state index in [1.165, 1.54) is 24.0 Å². The molecule has 1 fully saturated rings. The first kappa shape index (κ1) is 16.0. The fourth-order valence-corrected chi connectivity index (χ4v) is 3.03. The highest BCUT2D eigenvalue weighted by atomic mass is 16.5. The van der Waals surface area contributed by atoms with Crippen molar-refractivity contribution in [2.75, 3.05) is 0 Å². The Morgan fingerprint density at radius 2 is 1.57 bits per heavy atom. The smallest absolute Gasteiger partial charge is 0.119 e. The molecule has 0 aliphatic heterocycles. The van der Waals surface area contributed by atoms with E-state index in [1.807, 2.05) is 18.2 Å². The standard InChI is InChI=1S/C20H26N2O/c21-18-8-10-19(11-9-18)22-14-16-6-12-20(13-7-16)23-15-17-4-2-1-3-5-17/h1-7,12-13,18-19,22H,8-11,14-15,21H2. The minimum atomic E-state index is 0.411. The Morgan fingerprint density at radius 1 is 0.870 bits per heavy atom. The van der Waals surface area contributed by atoms with Gasteiger partial charge in [0.05, 0.1) is 0 Å². The van der Waals surface area contributed by atoms with Gasteiger partial charge in [0.1, 0.15) is 12.4 Å². The highest BCUT2D eigenvalue weighted by Gasteiger charge is 2.17. The number of benzene rings is 2. The van der Waals surface area contributed by atoms with E-state index >= 15 is 0 Å². The van der Waals surface area contributed by atoms with E-state index in [2.05, 4.69) is 41.7 Å². The van der Waals surface area contributed by atoms with Gasteiger partial charge in [-0.1, -0.05) is 42.5 Å². The molecule has 0 amide bonds. The molecular formula is C20H26N2O. The molecule has 0 aromatic heterocycles. The summed E-state index contributed by atoms with van der Waals surface area (Å²) in [6.45, 7) is 1.53. The second-order valence-corrected chi connectivity index (χ2v) is 6.41. The summed E-state index contributed by atoms with van der Waals surface area (Å²) in [5.41, 5.74) is 8.44. The molecule has 2 aromatic rings. The van der Waals surface area contributed by atoms with Crippen molar-refractivity contribution in [3.63, 3.8) is 0 Å². The van der Waals surface area contributed by atoms with Crippen LogP contribution in [-0.4, -0.2) is 12.1 Å². The second-order valence-electron chi connectivity index (χ2n) is 6.41. The maximum atomic E-state index is 5.95. The van der Waals surface area contributed by atoms with Crippen LogP contribution in [0.4, 0.5) is 0 Å². The molecule has 3 heteroatoms. The van der Waals surface area contributed by atoms with Gasteiger partial charge in [-0.25, -0.2) is 0 Å². The summed E-state index contributed by atoms with van der Waals surface area (Å²) in [4.78, 5) is 0. The van der Waals surface area contributed by atoms with Crippen molar-refractivity contribution in [1.82, 2.24) is 5.32 Å². The van der Waals surface area contributed by atoms with Crippen molar-refractivity contribution in [3.8, 4) is 5.75 Å². The topological polar surface area (TPSA) is 47.3 Å². The largest absolute Gasteiger partial charge is 0.489 e. The lowest BCUT2D eigenvalue weighted by molar-refractivity contribution is 0.306. The SMILES string of the molecule is NC1CCC(NCc2ccc(OCc3ccccc3)cc2)CC1. The Kier molecular flexibility index (Phi) is 5.67. The third kappa shape index (κ3) is 5.08. The maximum Gasteiger partial charge on any atom is 0.119 e. The molecule has 0 heterocycles. The Bertz CT molecular complexity index is 574. The van der Waals surface area contributed by atoms with Crippen molar-refractivity contribution in [3.05, 3.63) is 65.7 Å². The van der Waals surface area contributed by atoms with Crippen molar-refractivity contribution in [2.24, 2.45) is 5.73 Å². The first-order valence-electron chi connectivity index (χ1n) is 8.54. The van der Waals surface area contributed by atoms with Crippen LogP contribution in [0.15, 0.2) is 54.6 Å². The zero-order chi connectivity index (χ0) is 15.9. The average Bonchev–Trinajstić information content (AvgIpc) is 2.61. The van der Waals surface area contributed by atoms with E-state index < -0.39 is 0 Å². The first-order chi connectivity index (χ1) is 11.3. The molecule has 122 valence electrons. The van der Waals surface area contributed by atoms with E-state index in [1.54, 1.807) is 0 Å². The van der Waals surface area contributed by atoms with Crippen LogP contribution in [0.5, 0.6) is 5.75 Å². The molecule has 0 unspecified atom stereocenters. The van der Waals surface area contributed by atoms with Gasteiger partial charge in [-0.15, -0.1) is 0 Å². The van der Waals surface area contributed by atoms with Gasteiger partial charge in [0.25, 0.3) is 0 Å². The third-order valence-corrected chi connectivity index (χ3v) is 4.54. The minimum Gasteiger partial charge on any atom is -0.489 e. The predicted octanol–water partition coefficient (Wildman–Crippen LogP) is 3.63. The Hall–Kier alpha value is -1.84. The zero-order valence-electron chi connectivity index (χ0n) is 13.6. The molecule has 1 aliphatic carbocycles. The Labute approximate surface area is 138 Å². The summed E-state index contributed by atoms with van der Waals surface area (Å²) in [5, 5.41) is 3.64. The number of hydrogen-bond acceptors (Lipinski definition) is 3. The van der Waals surface area contributed by atoms with Gasteiger partial charge >= 0.3 is 0 Å². The van der Waals surface area contributed by atoms with Crippen LogP contribution in [0.1, 0.15) is 36.8 Å². The van der Waals surface area contributed by atoms with Gasteiger partial charge in [0.2, 0.25) is 0 Å². The van der Waals surface area contributed by atoms with Gasteiger partial charge < -0.3 is 15.8 Å². The molecule has 0 spiro atoms. The van der Waals surface area contributed by atoms with Crippen LogP contribution in [0.25, 0.3) is 0 Å². The van der Waals surface area contributed by atoms with E-state index in [4.69, 9.17) is 10.5 Å². The number of hydrogen-bond donors (Lipinski definition) is 2. The molecule has 0 atom stereocenters. The van der Waals surface area contributed by atoms with Gasteiger partial charge in [0, 0.05) is 18.6 Å². The lowest BCUT2D eigenvalue weighted by Gasteiger charge is -2.27. The molecular weight excluding hydrogens is 284 g/mol. The molecule has 0 radical (unpaired) electrons. The van der Waals surface area contributed by atoms with Crippen LogP contribution in [0.3, 0.4) is 0 Å². The minimum absolute atomic E-state index is 0.411. The zero-order valence-corrected chi connectivity index (χ0v) is 13.6. The van der Waals surface area contributed by atoms with E-state index in [0.29, 0.717) is 18.7 Å². The fourth-order valence-electron chi connectivity index (χ4n) is 3.03. The normalized spacial score (nSPS) is 21.1. The monoisotopic (exact) mass is 310 g/mol. The van der Waals surface area contributed by atoms with E-state index in [0.717, 1.165) is 25.1 Å². The molecule has 0 saturated heterocycles. The van der Waals surface area contributed by atoms with Crippen LogP contribution < -0.4 is 15.8 Å². The number of nitrogens with two attached hydrogens (primary N) is 1. The van der Waals surface area contributed by atoms with Gasteiger partial charge in [-0.3, -0.25) is 0 Å². The van der Waals surface area contributed by atoms with Gasteiger partial charge in [0.15, 0.2) is 0 Å². The van der Waals surface area contributed by atoms with Crippen molar-refractivity contribution >= 4 is 0 Å². The van der Waals surface area contributed by atoms with Crippen LogP contribution in [0, 0.1) is 0 Å². The summed E-state index contributed by atoms with van der Waals surface area (Å²) in [7, 11) is 0. The Morgan fingerprint density at radius 3 is 2.26 bits per heavy atom. The van der Waals surface area contributed by atoms with Crippen LogP contribution in [-0.2, 0) is 13.2 Å². The third-order valence-electron chi connectivity index (χ3n) is 4.54. The average molecular weight is 310 g/mol. The fraction of sp³-hybridized carbons (Fsp3) is 0.400. The van der Waals surface area contributed by atoms with Crippen molar-refractivity contribution in [1.29, 1.82) is 0 Å². The summed E-state index contributed by atoms with van der Waals surface area (Å²) in [5.74, 6) is 0.918. The Balaban J connectivity index is 1.43. The van der Waals surface area contributed by atoms with E-state index in [-0.39, 0.29) is 0 Å². The summed E-state index contributed by atoms with van der Waals surface area (Å²) >= 11 is 0. The molecule has 1 aliphatic rings. The summed E-state index contributed by atoms with van der Waals surface area (Å²) < 4.78 is 5.82. The highest BCUT2D eigenvalue weighted by molar-refractivity contribution is 5.27. The first-order valence-corrected chi connectivity index (χ1v) is 8.54. The maximum absolute atomic E-state index is 5.95. The lowest BCUT2D eigenvalue weighted by Crippen LogP contribution is -2.36. The molecule has 3 rings (SSSR count). The highest BCUT2D eigenvalue weighted by Crippen LogP contribution is 2.18. The molecule has 3 nitrogen and oxygen atoms in total. The number of rotatable bonds is 6. The molecule has 23 heavy (non-hydrogen) atoms. The molecule has 1 saturated carbocycles. The quantitative estimate of drug-likeness (QED) is 0.856. The number of nitrogens with one attached hydrogen (secondary N) is 1.